The Morgan fingerprint density at radius 3 is 2.64 bits per heavy atom. The predicted octanol–water partition coefficient (Wildman–Crippen LogP) is 3.75. The van der Waals surface area contributed by atoms with Gasteiger partial charge in [-0.15, -0.1) is 0 Å². The number of ether oxygens (including phenoxy) is 1. The van der Waals surface area contributed by atoms with Crippen LogP contribution >= 0.6 is 0 Å². The van der Waals surface area contributed by atoms with Crippen molar-refractivity contribution in [2.75, 3.05) is 6.73 Å². The van der Waals surface area contributed by atoms with Crippen LogP contribution in [0.5, 0.6) is 11.5 Å². The molecule has 0 aliphatic carbocycles. The Bertz CT molecular complexity index is 1660. The average molecular weight is 588 g/mol. The van der Waals surface area contributed by atoms with Gasteiger partial charge in [-0.25, -0.2) is 0 Å². The molecule has 42 heavy (non-hydrogen) atoms. The summed E-state index contributed by atoms with van der Waals surface area (Å²) in [5.41, 5.74) is 5.54. The van der Waals surface area contributed by atoms with E-state index >= 15 is 0 Å². The highest BCUT2D eigenvalue weighted by Gasteiger charge is 2.23. The van der Waals surface area contributed by atoms with E-state index in [2.05, 4.69) is 39.7 Å². The maximum absolute atomic E-state index is 12.3. The molecule has 10 heteroatoms. The number of nitrogens with one attached hydrogen (secondary N) is 2. The number of aliphatic imine (C=N–C) groups is 1. The van der Waals surface area contributed by atoms with Crippen LogP contribution < -0.4 is 15.4 Å². The predicted molar refractivity (Wildman–Crippen MR) is 161 cm³/mol. The molecule has 5 rings (SSSR count). The molecule has 218 valence electrons. The maximum Gasteiger partial charge on any atom is 0.268 e. The van der Waals surface area contributed by atoms with E-state index in [0.29, 0.717) is 37.3 Å². The number of phenols is 1. The lowest BCUT2D eigenvalue weighted by molar-refractivity contribution is 0.228. The van der Waals surface area contributed by atoms with Crippen molar-refractivity contribution in [1.82, 2.24) is 10.6 Å². The minimum absolute atomic E-state index is 0.0349. The van der Waals surface area contributed by atoms with Crippen LogP contribution in [0.15, 0.2) is 77.8 Å². The monoisotopic (exact) mass is 587 g/mol. The zero-order valence-corrected chi connectivity index (χ0v) is 23.8. The molecule has 0 aromatic heterocycles. The van der Waals surface area contributed by atoms with Gasteiger partial charge in [-0.2, -0.15) is 13.4 Å². The van der Waals surface area contributed by atoms with E-state index in [1.807, 2.05) is 24.3 Å². The van der Waals surface area contributed by atoms with Crippen LogP contribution in [0.1, 0.15) is 52.3 Å². The molecule has 0 amide bonds. The Kier molecular flexibility index (Phi) is 9.12. The molecule has 0 saturated carbocycles. The molecule has 0 saturated heterocycles. The van der Waals surface area contributed by atoms with Gasteiger partial charge in [-0.3, -0.25) is 4.55 Å². The van der Waals surface area contributed by atoms with Crippen molar-refractivity contribution in [3.05, 3.63) is 106 Å². The van der Waals surface area contributed by atoms with Crippen LogP contribution in [0.3, 0.4) is 0 Å². The van der Waals surface area contributed by atoms with Gasteiger partial charge in [0.25, 0.3) is 10.1 Å². The summed E-state index contributed by atoms with van der Waals surface area (Å²) in [6, 6.07) is 21.2. The van der Waals surface area contributed by atoms with Crippen molar-refractivity contribution in [2.24, 2.45) is 4.99 Å². The molecule has 2 aliphatic heterocycles. The molecular formula is C32H33N3O6S. The fourth-order valence-corrected chi connectivity index (χ4v) is 5.85. The van der Waals surface area contributed by atoms with Crippen LogP contribution in [0.4, 0.5) is 0 Å². The number of hydrogen-bond donors (Lipinski definition) is 5. The first-order valence-electron chi connectivity index (χ1n) is 13.7. The first-order valence-corrected chi connectivity index (χ1v) is 15.2. The van der Waals surface area contributed by atoms with Crippen molar-refractivity contribution in [2.45, 2.75) is 50.0 Å². The zero-order chi connectivity index (χ0) is 29.5. The number of aliphatic hydroxyl groups is 1. The second kappa shape index (κ2) is 13.1. The van der Waals surface area contributed by atoms with Gasteiger partial charge in [0.2, 0.25) is 5.96 Å². The summed E-state index contributed by atoms with van der Waals surface area (Å²) in [6.07, 6.45) is 3.72. The van der Waals surface area contributed by atoms with Crippen LogP contribution in [0.25, 0.3) is 0 Å². The largest absolute Gasteiger partial charge is 0.508 e. The van der Waals surface area contributed by atoms with E-state index in [-0.39, 0.29) is 25.3 Å². The van der Waals surface area contributed by atoms with Gasteiger partial charge in [0.05, 0.1) is 11.4 Å². The normalized spacial score (nSPS) is 16.0. The standard InChI is InChI=1S/C32H33N3O6S/c36-28-12-10-25(11-13-28)30(37)8-2-7-29(42(38,39)40)14-9-23-17-26-6-3-15-33-32-34-20-24-5-1-4-22(16-24)18-27(19-23)31(26)41-21-35-32/h1-2,4-5,8,10-13,16-17,19,29-30,36-37H,6-7,9,14,18,20-21H2,(H2,33,34,35)(H,38,39,40)/b8-2+/t29-,30+/m0/s1. The van der Waals surface area contributed by atoms with Crippen molar-refractivity contribution >= 4 is 16.1 Å². The average Bonchev–Trinajstić information content (AvgIpc) is 2.96. The highest BCUT2D eigenvalue weighted by molar-refractivity contribution is 7.86. The summed E-state index contributed by atoms with van der Waals surface area (Å²) in [6.45, 7) is 0.783. The highest BCUT2D eigenvalue weighted by atomic mass is 32.2. The van der Waals surface area contributed by atoms with E-state index in [9.17, 15) is 23.2 Å². The van der Waals surface area contributed by atoms with E-state index in [1.165, 1.54) is 18.2 Å². The van der Waals surface area contributed by atoms with Gasteiger partial charge >= 0.3 is 0 Å². The maximum atomic E-state index is 12.3. The Balaban J connectivity index is 1.38. The number of hydrogen-bond acceptors (Lipinski definition) is 8. The number of guanidine groups is 1. The molecule has 2 atom stereocenters. The van der Waals surface area contributed by atoms with Gasteiger partial charge in [0.1, 0.15) is 11.5 Å². The molecule has 9 nitrogen and oxygen atoms in total. The Hall–Kier alpha value is -4.30. The minimum atomic E-state index is -4.34. The second-order valence-electron chi connectivity index (χ2n) is 10.4. The van der Waals surface area contributed by atoms with Crippen molar-refractivity contribution in [3.63, 3.8) is 0 Å². The molecule has 3 aromatic rings. The smallest absolute Gasteiger partial charge is 0.268 e. The number of aryl methyl sites for hydroxylation is 1. The lowest BCUT2D eigenvalue weighted by Gasteiger charge is -2.21. The van der Waals surface area contributed by atoms with E-state index in [4.69, 9.17) is 4.74 Å². The Labute approximate surface area is 245 Å². The molecule has 2 heterocycles. The first-order chi connectivity index (χ1) is 20.2. The number of benzene rings is 3. The lowest BCUT2D eigenvalue weighted by atomic mass is 9.94. The molecule has 4 bridgehead atoms. The molecule has 2 aliphatic rings. The Morgan fingerprint density at radius 1 is 1.05 bits per heavy atom. The molecule has 0 radical (unpaired) electrons. The number of aromatic hydroxyl groups is 1. The van der Waals surface area contributed by atoms with Crippen LogP contribution in [0.2, 0.25) is 0 Å². The fraction of sp³-hybridized carbons (Fsp3) is 0.281. The summed E-state index contributed by atoms with van der Waals surface area (Å²) in [7, 11) is -4.34. The Morgan fingerprint density at radius 2 is 1.83 bits per heavy atom. The number of fused-ring (bicyclic) bond motifs is 5. The van der Waals surface area contributed by atoms with E-state index < -0.39 is 21.5 Å². The molecule has 5 N–H and O–H groups in total. The van der Waals surface area contributed by atoms with Gasteiger partial charge in [0, 0.05) is 31.0 Å². The van der Waals surface area contributed by atoms with Crippen molar-refractivity contribution in [3.8, 4) is 23.5 Å². The molecule has 0 fully saturated rings. The molecule has 0 unspecified atom stereocenters. The third-order valence-electron chi connectivity index (χ3n) is 7.26. The minimum Gasteiger partial charge on any atom is -0.508 e. The van der Waals surface area contributed by atoms with Gasteiger partial charge in [-0.05, 0) is 59.2 Å². The number of allylic oxidation sites excluding steroid dienone is 1. The van der Waals surface area contributed by atoms with E-state index in [1.54, 1.807) is 18.2 Å². The topological polar surface area (TPSA) is 140 Å². The second-order valence-corrected chi connectivity index (χ2v) is 12.1. The quantitative estimate of drug-likeness (QED) is 0.153. The summed E-state index contributed by atoms with van der Waals surface area (Å²) in [5, 5.41) is 25.2. The molecule has 3 aromatic carbocycles. The fourth-order valence-electron chi connectivity index (χ4n) is 5.08. The number of rotatable bonds is 8. The highest BCUT2D eigenvalue weighted by Crippen LogP contribution is 2.31. The molecular weight excluding hydrogens is 554 g/mol. The SMILES string of the molecule is O=S(=O)(O)[C@@H](C/C=C/[C@@H](O)c1ccc(O)cc1)CCc1cc2c3c(c1)Cc1cccc(c1)CNC(=NC#CC2)NCO3. The molecule has 0 spiro atoms. The van der Waals surface area contributed by atoms with Crippen molar-refractivity contribution in [1.29, 1.82) is 0 Å². The van der Waals surface area contributed by atoms with Crippen LogP contribution in [-0.4, -0.2) is 41.1 Å². The zero-order valence-electron chi connectivity index (χ0n) is 23.0. The van der Waals surface area contributed by atoms with Gasteiger partial charge in [-0.1, -0.05) is 66.6 Å². The van der Waals surface area contributed by atoms with E-state index in [0.717, 1.165) is 33.6 Å². The van der Waals surface area contributed by atoms with Gasteiger partial charge < -0.3 is 25.6 Å². The summed E-state index contributed by atoms with van der Waals surface area (Å²) < 4.78 is 40.7. The third kappa shape index (κ3) is 7.70. The number of phenolic OH excluding ortho intramolecular Hbond substituents is 1. The third-order valence-corrected chi connectivity index (χ3v) is 8.53. The first kappa shape index (κ1) is 29.2. The lowest BCUT2D eigenvalue weighted by Crippen LogP contribution is -2.39. The van der Waals surface area contributed by atoms with Crippen LogP contribution in [0, 0.1) is 12.0 Å². The number of aliphatic hydroxyl groups excluding tert-OH is 1. The summed E-state index contributed by atoms with van der Waals surface area (Å²) in [5.74, 6) is 4.45. The van der Waals surface area contributed by atoms with Crippen molar-refractivity contribution < 1.29 is 27.9 Å². The van der Waals surface area contributed by atoms with Gasteiger partial charge in [0.15, 0.2) is 6.73 Å². The summed E-state index contributed by atoms with van der Waals surface area (Å²) >= 11 is 0. The summed E-state index contributed by atoms with van der Waals surface area (Å²) in [4.78, 5) is 4.31. The number of nitrogens with zero attached hydrogens (tertiary/aromatic N) is 1. The van der Waals surface area contributed by atoms with Crippen LogP contribution in [-0.2, 0) is 35.9 Å².